The molecule has 1 aromatic heterocycles. The lowest BCUT2D eigenvalue weighted by Crippen LogP contribution is -2.30. The molecule has 0 saturated carbocycles. The maximum atomic E-state index is 14.7. The van der Waals surface area contributed by atoms with Crippen molar-refractivity contribution in [3.05, 3.63) is 135 Å². The van der Waals surface area contributed by atoms with Gasteiger partial charge < -0.3 is 16.0 Å². The zero-order valence-electron chi connectivity index (χ0n) is 26.3. The molecule has 0 aliphatic rings. The van der Waals surface area contributed by atoms with E-state index >= 15 is 0 Å². The number of hydrogen-bond donors (Lipinski definition) is 3. The van der Waals surface area contributed by atoms with Crippen molar-refractivity contribution in [2.24, 2.45) is 0 Å². The van der Waals surface area contributed by atoms with E-state index < -0.39 is 22.9 Å². The van der Waals surface area contributed by atoms with Gasteiger partial charge in [0.1, 0.15) is 11.5 Å². The second-order valence-corrected chi connectivity index (χ2v) is 13.7. The fourth-order valence-electron chi connectivity index (χ4n) is 4.68. The van der Waals surface area contributed by atoms with Gasteiger partial charge >= 0.3 is 0 Å². The van der Waals surface area contributed by atoms with Gasteiger partial charge in [-0.2, -0.15) is 0 Å². The molecule has 5 aromatic rings. The van der Waals surface area contributed by atoms with Crippen molar-refractivity contribution in [3.8, 4) is 11.3 Å². The molecule has 0 saturated heterocycles. The molecular weight excluding hydrogens is 667 g/mol. The van der Waals surface area contributed by atoms with E-state index in [4.69, 9.17) is 11.6 Å². The van der Waals surface area contributed by atoms with Crippen LogP contribution in [0.4, 0.5) is 15.2 Å². The molecule has 0 bridgehead atoms. The number of amides is 3. The minimum absolute atomic E-state index is 0.0415. The number of carbonyl (C=O) groups is 3. The molecule has 1 heterocycles. The first-order chi connectivity index (χ1) is 23.1. The Morgan fingerprint density at radius 1 is 0.938 bits per heavy atom. The molecule has 5 rings (SSSR count). The van der Waals surface area contributed by atoms with E-state index in [1.807, 2.05) is 51.1 Å². The number of benzene rings is 4. The zero-order valence-corrected chi connectivity index (χ0v) is 28.7. The van der Waals surface area contributed by atoms with Crippen LogP contribution in [0.1, 0.15) is 39.7 Å². The number of nitrogens with one attached hydrogen (secondary N) is 3. The molecule has 0 aliphatic heterocycles. The standard InChI is InChI=1S/C37H32ClFN4O3S2/c1-4-32(36(46)43-37-42-33(23(3)47-37)24-18-16-22(2)17-19-24)48-27-13-8-12-26(20-27)40-35(45)31(21-28-29(38)14-9-15-30(28)39)41-34(44)25-10-6-5-7-11-25/h5-21,32H,4H2,1-3H3,(H,40,45)(H,41,44)(H,42,43,46)/b31-21+. The van der Waals surface area contributed by atoms with E-state index in [1.54, 1.807) is 48.5 Å². The Hall–Kier alpha value is -4.77. The van der Waals surface area contributed by atoms with Crippen LogP contribution < -0.4 is 16.0 Å². The van der Waals surface area contributed by atoms with Crippen molar-refractivity contribution in [2.45, 2.75) is 37.3 Å². The summed E-state index contributed by atoms with van der Waals surface area (Å²) >= 11 is 9.00. The molecule has 11 heteroatoms. The molecular formula is C37H32ClFN4O3S2. The molecule has 1 atom stereocenters. The van der Waals surface area contributed by atoms with Crippen LogP contribution >= 0.6 is 34.7 Å². The largest absolute Gasteiger partial charge is 0.321 e. The highest BCUT2D eigenvalue weighted by Gasteiger charge is 2.22. The molecule has 0 fully saturated rings. The first-order valence-corrected chi connectivity index (χ1v) is 17.1. The smallest absolute Gasteiger partial charge is 0.272 e. The van der Waals surface area contributed by atoms with Crippen LogP contribution in [-0.2, 0) is 9.59 Å². The Labute approximate surface area is 291 Å². The molecule has 7 nitrogen and oxygen atoms in total. The van der Waals surface area contributed by atoms with Crippen molar-refractivity contribution >= 4 is 69.3 Å². The number of aromatic nitrogens is 1. The molecule has 48 heavy (non-hydrogen) atoms. The van der Waals surface area contributed by atoms with Gasteiger partial charge in [0.05, 0.1) is 16.0 Å². The van der Waals surface area contributed by atoms with E-state index in [2.05, 4.69) is 20.9 Å². The summed E-state index contributed by atoms with van der Waals surface area (Å²) in [6.07, 6.45) is 1.75. The summed E-state index contributed by atoms with van der Waals surface area (Å²) in [7, 11) is 0. The Bertz CT molecular complexity index is 1960. The topological polar surface area (TPSA) is 100 Å². The third-order valence-electron chi connectivity index (χ3n) is 7.20. The van der Waals surface area contributed by atoms with Crippen LogP contribution in [0.3, 0.4) is 0 Å². The monoisotopic (exact) mass is 698 g/mol. The van der Waals surface area contributed by atoms with E-state index in [9.17, 15) is 18.8 Å². The van der Waals surface area contributed by atoms with Crippen LogP contribution in [0.2, 0.25) is 5.02 Å². The zero-order chi connectivity index (χ0) is 34.2. The highest BCUT2D eigenvalue weighted by molar-refractivity contribution is 8.00. The van der Waals surface area contributed by atoms with E-state index in [1.165, 1.54) is 47.4 Å². The summed E-state index contributed by atoms with van der Waals surface area (Å²) in [5.41, 5.74) is 3.47. The van der Waals surface area contributed by atoms with Gasteiger partial charge in [-0.05, 0) is 68.8 Å². The van der Waals surface area contributed by atoms with Gasteiger partial charge in [-0.1, -0.05) is 78.7 Å². The van der Waals surface area contributed by atoms with Gasteiger partial charge in [-0.15, -0.1) is 23.1 Å². The quantitative estimate of drug-likeness (QED) is 0.0944. The number of rotatable bonds is 11. The number of hydrogen-bond acceptors (Lipinski definition) is 6. The average molecular weight is 699 g/mol. The molecule has 1 unspecified atom stereocenters. The number of nitrogens with zero attached hydrogens (tertiary/aromatic N) is 1. The number of anilines is 2. The average Bonchev–Trinajstić information content (AvgIpc) is 3.44. The fourth-order valence-corrected chi connectivity index (χ4v) is 6.75. The molecule has 0 aliphatic carbocycles. The van der Waals surface area contributed by atoms with Crippen LogP contribution in [0, 0.1) is 19.7 Å². The summed E-state index contributed by atoms with van der Waals surface area (Å²) in [5, 5.41) is 8.51. The Kier molecular flexibility index (Phi) is 11.4. The van der Waals surface area contributed by atoms with Crippen LogP contribution in [-0.4, -0.2) is 28.0 Å². The van der Waals surface area contributed by atoms with Crippen LogP contribution in [0.15, 0.2) is 108 Å². The predicted molar refractivity (Wildman–Crippen MR) is 194 cm³/mol. The van der Waals surface area contributed by atoms with Crippen LogP contribution in [0.25, 0.3) is 17.3 Å². The number of carbonyl (C=O) groups excluding carboxylic acids is 3. The van der Waals surface area contributed by atoms with Crippen molar-refractivity contribution in [3.63, 3.8) is 0 Å². The highest BCUT2D eigenvalue weighted by atomic mass is 35.5. The fraction of sp³-hybridized carbons (Fsp3) is 0.135. The van der Waals surface area contributed by atoms with E-state index in [-0.39, 0.29) is 22.2 Å². The molecule has 0 spiro atoms. The summed E-state index contributed by atoms with van der Waals surface area (Å²) < 4.78 is 14.7. The molecule has 244 valence electrons. The molecule has 4 aromatic carbocycles. The van der Waals surface area contributed by atoms with Gasteiger partial charge in [0, 0.05) is 32.2 Å². The maximum Gasteiger partial charge on any atom is 0.272 e. The highest BCUT2D eigenvalue weighted by Crippen LogP contribution is 2.33. The first kappa shape index (κ1) is 34.6. The van der Waals surface area contributed by atoms with Crippen LogP contribution in [0.5, 0.6) is 0 Å². The second-order valence-electron chi connectivity index (χ2n) is 10.8. The molecule has 0 radical (unpaired) electrons. The van der Waals surface area contributed by atoms with Gasteiger partial charge in [0.2, 0.25) is 5.91 Å². The van der Waals surface area contributed by atoms with Crippen molar-refractivity contribution in [1.82, 2.24) is 10.3 Å². The lowest BCUT2D eigenvalue weighted by molar-refractivity contribution is -0.116. The van der Waals surface area contributed by atoms with Crippen molar-refractivity contribution < 1.29 is 18.8 Å². The summed E-state index contributed by atoms with van der Waals surface area (Å²) in [4.78, 5) is 46.2. The summed E-state index contributed by atoms with van der Waals surface area (Å²) in [6.45, 7) is 5.93. The second kappa shape index (κ2) is 15.9. The first-order valence-electron chi connectivity index (χ1n) is 15.1. The molecule has 3 amide bonds. The molecule has 3 N–H and O–H groups in total. The number of thioether (sulfide) groups is 1. The van der Waals surface area contributed by atoms with E-state index in [0.29, 0.717) is 22.8 Å². The third kappa shape index (κ3) is 8.77. The third-order valence-corrected chi connectivity index (χ3v) is 9.78. The van der Waals surface area contributed by atoms with Gasteiger partial charge in [-0.25, -0.2) is 9.37 Å². The number of aryl methyl sites for hydroxylation is 2. The van der Waals surface area contributed by atoms with Crippen molar-refractivity contribution in [2.75, 3.05) is 10.6 Å². The lowest BCUT2D eigenvalue weighted by atomic mass is 10.1. The minimum Gasteiger partial charge on any atom is -0.321 e. The van der Waals surface area contributed by atoms with Crippen molar-refractivity contribution in [1.29, 1.82) is 0 Å². The van der Waals surface area contributed by atoms with Gasteiger partial charge in [0.25, 0.3) is 11.8 Å². The predicted octanol–water partition coefficient (Wildman–Crippen LogP) is 9.14. The van der Waals surface area contributed by atoms with Gasteiger partial charge in [0.15, 0.2) is 5.13 Å². The maximum absolute atomic E-state index is 14.7. The van der Waals surface area contributed by atoms with Gasteiger partial charge in [-0.3, -0.25) is 14.4 Å². The Balaban J connectivity index is 1.30. The number of thiazole rings is 1. The Morgan fingerprint density at radius 2 is 1.67 bits per heavy atom. The SMILES string of the molecule is CCC(Sc1cccc(NC(=O)/C(=C\c2c(F)cccc2Cl)NC(=O)c2ccccc2)c1)C(=O)Nc1nc(-c2ccc(C)cc2)c(C)s1. The summed E-state index contributed by atoms with van der Waals surface area (Å²) in [5.74, 6) is -2.07. The van der Waals surface area contributed by atoms with E-state index in [0.717, 1.165) is 26.6 Å². The number of halogens is 2. The Morgan fingerprint density at radius 3 is 2.38 bits per heavy atom. The minimum atomic E-state index is -0.686. The normalized spacial score (nSPS) is 11.9. The summed E-state index contributed by atoms with van der Waals surface area (Å²) in [6, 6.07) is 27.6. The lowest BCUT2D eigenvalue weighted by Gasteiger charge is -2.15.